The highest BCUT2D eigenvalue weighted by molar-refractivity contribution is 7.89. The van der Waals surface area contributed by atoms with Gasteiger partial charge in [0.2, 0.25) is 10.0 Å². The minimum absolute atomic E-state index is 0.0495. The molecule has 3 atom stereocenters. The van der Waals surface area contributed by atoms with Crippen LogP contribution in [0.1, 0.15) is 57.9 Å². The Balaban J connectivity index is 1.28. The van der Waals surface area contributed by atoms with E-state index in [-0.39, 0.29) is 23.3 Å². The summed E-state index contributed by atoms with van der Waals surface area (Å²) >= 11 is 2.59. The second-order valence-electron chi connectivity index (χ2n) is 14.1. The van der Waals surface area contributed by atoms with E-state index < -0.39 is 40.5 Å². The lowest BCUT2D eigenvalue weighted by atomic mass is 9.82. The van der Waals surface area contributed by atoms with Gasteiger partial charge in [-0.25, -0.2) is 13.4 Å². The summed E-state index contributed by atoms with van der Waals surface area (Å²) in [6.45, 7) is 5.52. The van der Waals surface area contributed by atoms with Crippen LogP contribution >= 0.6 is 22.7 Å². The van der Waals surface area contributed by atoms with Crippen LogP contribution in [0.25, 0.3) is 21.1 Å². The highest BCUT2D eigenvalue weighted by Crippen LogP contribution is 2.40. The molecule has 0 radical (unpaired) electrons. The number of thiazole rings is 1. The average molecular weight is 806 g/mol. The second-order valence-corrected chi connectivity index (χ2v) is 18.0. The third kappa shape index (κ3) is 7.78. The van der Waals surface area contributed by atoms with E-state index in [9.17, 15) is 18.3 Å². The molecule has 2 amide bonds. The summed E-state index contributed by atoms with van der Waals surface area (Å²) < 4.78 is 30.7. The molecule has 0 aliphatic rings. The lowest BCUT2D eigenvalue weighted by Gasteiger charge is -2.32. The average Bonchev–Trinajstić information content (AvgIpc) is 3.96. The van der Waals surface area contributed by atoms with Gasteiger partial charge in [-0.1, -0.05) is 80.6 Å². The van der Waals surface area contributed by atoms with Crippen molar-refractivity contribution in [2.75, 3.05) is 25.1 Å². The number of H-pyrrole nitrogens is 1. The SMILES string of the molecule is Cc1[nH]c2ccccc2c1C(c1ccccc1)C(NC(=O)c1ccccc1)C(=O)N(C)c1ccc(C(CO)N(CC(C)C)S(=O)(=O)c2ccc3ncsc3c2)s1. The lowest BCUT2D eigenvalue weighted by Crippen LogP contribution is -2.51. The minimum Gasteiger partial charge on any atom is -0.394 e. The first-order valence-corrected chi connectivity index (χ1v) is 21.4. The number of aromatic nitrogens is 2. The van der Waals surface area contributed by atoms with E-state index in [1.165, 1.54) is 31.9 Å². The number of para-hydroxylation sites is 1. The lowest BCUT2D eigenvalue weighted by molar-refractivity contribution is -0.120. The van der Waals surface area contributed by atoms with Gasteiger partial charge in [0, 0.05) is 46.5 Å². The molecule has 13 heteroatoms. The number of rotatable bonds is 14. The monoisotopic (exact) mass is 805 g/mol. The van der Waals surface area contributed by atoms with Gasteiger partial charge >= 0.3 is 0 Å². The Morgan fingerprint density at radius 2 is 1.61 bits per heavy atom. The fourth-order valence-corrected chi connectivity index (χ4v) is 10.9. The number of aliphatic hydroxyl groups excluding tert-OH is 1. The number of nitrogens with zero attached hydrogens (tertiary/aromatic N) is 3. The van der Waals surface area contributed by atoms with Gasteiger partial charge in [-0.3, -0.25) is 9.59 Å². The van der Waals surface area contributed by atoms with E-state index in [2.05, 4.69) is 15.3 Å². The molecule has 3 N–H and O–H groups in total. The molecule has 288 valence electrons. The van der Waals surface area contributed by atoms with Crippen LogP contribution in [0.15, 0.2) is 126 Å². The summed E-state index contributed by atoms with van der Waals surface area (Å²) in [5, 5.41) is 15.4. The van der Waals surface area contributed by atoms with Gasteiger partial charge in [0.05, 0.1) is 38.3 Å². The number of hydrogen-bond donors (Lipinski definition) is 3. The van der Waals surface area contributed by atoms with Crippen LogP contribution in [-0.4, -0.2) is 65.9 Å². The van der Waals surface area contributed by atoms with Crippen molar-refractivity contribution in [2.45, 2.75) is 43.7 Å². The standard InChI is InChI=1S/C43H43N5O5S3/c1-27(2)24-48(56(52,53)31-19-20-34-37(23-31)54-26-44-34)35(25-49)36-21-22-38(55-36)47(4)43(51)41(46-42(50)30-15-9-6-10-16-30)40(29-13-7-5-8-14-29)39-28(3)45-33-18-12-11-17-32(33)39/h5-23,26-27,35,40-41,45,49H,24-25H2,1-4H3,(H,46,50). The van der Waals surface area contributed by atoms with Gasteiger partial charge in [-0.05, 0) is 72.5 Å². The van der Waals surface area contributed by atoms with Gasteiger partial charge in [-0.2, -0.15) is 4.31 Å². The molecule has 7 aromatic rings. The van der Waals surface area contributed by atoms with Crippen molar-refractivity contribution in [1.29, 1.82) is 0 Å². The van der Waals surface area contributed by atoms with Crippen LogP contribution in [0.3, 0.4) is 0 Å². The molecule has 0 fully saturated rings. The van der Waals surface area contributed by atoms with Gasteiger partial charge in [0.25, 0.3) is 11.8 Å². The molecule has 56 heavy (non-hydrogen) atoms. The Morgan fingerprint density at radius 1 is 0.911 bits per heavy atom. The largest absolute Gasteiger partial charge is 0.394 e. The van der Waals surface area contributed by atoms with Crippen LogP contribution in [0.4, 0.5) is 5.00 Å². The number of sulfonamides is 1. The Labute approximate surface area is 334 Å². The molecule has 7 rings (SSSR count). The van der Waals surface area contributed by atoms with E-state index >= 15 is 4.79 Å². The molecule has 0 saturated carbocycles. The third-order valence-electron chi connectivity index (χ3n) is 9.91. The molecule has 10 nitrogen and oxygen atoms in total. The number of thiophene rings is 1. The van der Waals surface area contributed by atoms with Crippen molar-refractivity contribution in [3.05, 3.63) is 148 Å². The number of hydrogen-bond acceptors (Lipinski definition) is 8. The van der Waals surface area contributed by atoms with Crippen LogP contribution < -0.4 is 10.2 Å². The van der Waals surface area contributed by atoms with Gasteiger partial charge in [0.1, 0.15) is 6.04 Å². The van der Waals surface area contributed by atoms with Crippen LogP contribution in [0, 0.1) is 12.8 Å². The maximum Gasteiger partial charge on any atom is 0.251 e. The number of fused-ring (bicyclic) bond motifs is 2. The number of carbonyl (C=O) groups is 2. The molecule has 3 unspecified atom stereocenters. The van der Waals surface area contributed by atoms with Crippen molar-refractivity contribution in [3.63, 3.8) is 0 Å². The molecule has 3 heterocycles. The van der Waals surface area contributed by atoms with Crippen molar-refractivity contribution >= 4 is 70.6 Å². The first-order valence-electron chi connectivity index (χ1n) is 18.3. The van der Waals surface area contributed by atoms with Gasteiger partial charge < -0.3 is 20.3 Å². The maximum atomic E-state index is 15.1. The minimum atomic E-state index is -4.07. The number of anilines is 1. The number of carbonyl (C=O) groups excluding carboxylic acids is 2. The number of aromatic amines is 1. The van der Waals surface area contributed by atoms with Crippen LogP contribution in [0.5, 0.6) is 0 Å². The maximum absolute atomic E-state index is 15.1. The zero-order valence-electron chi connectivity index (χ0n) is 31.4. The molecular formula is C43H43N5O5S3. The van der Waals surface area contributed by atoms with E-state index in [0.29, 0.717) is 21.0 Å². The predicted octanol–water partition coefficient (Wildman–Crippen LogP) is 8.12. The van der Waals surface area contributed by atoms with Crippen molar-refractivity contribution in [1.82, 2.24) is 19.6 Å². The summed E-state index contributed by atoms with van der Waals surface area (Å²) in [6.07, 6.45) is 0. The number of aliphatic hydroxyl groups is 1. The normalized spacial score (nSPS) is 13.6. The van der Waals surface area contributed by atoms with E-state index in [4.69, 9.17) is 0 Å². The smallest absolute Gasteiger partial charge is 0.251 e. The molecule has 0 aliphatic heterocycles. The van der Waals surface area contributed by atoms with E-state index in [1.54, 1.807) is 67.2 Å². The highest BCUT2D eigenvalue weighted by atomic mass is 32.2. The van der Waals surface area contributed by atoms with Crippen molar-refractivity contribution < 1.29 is 23.1 Å². The van der Waals surface area contributed by atoms with Crippen LogP contribution in [0.2, 0.25) is 0 Å². The molecular weight excluding hydrogens is 763 g/mol. The van der Waals surface area contributed by atoms with Gasteiger partial charge in [-0.15, -0.1) is 22.7 Å². The fraction of sp³-hybridized carbons (Fsp3) is 0.233. The number of nitrogens with one attached hydrogen (secondary N) is 2. The molecule has 3 aromatic heterocycles. The second kappa shape index (κ2) is 16.5. The summed E-state index contributed by atoms with van der Waals surface area (Å²) in [6, 6.07) is 32.8. The molecule has 0 saturated heterocycles. The number of likely N-dealkylation sites (N-methyl/N-ethyl adjacent to an activating group) is 1. The molecule has 4 aromatic carbocycles. The van der Waals surface area contributed by atoms with Crippen molar-refractivity contribution in [3.8, 4) is 0 Å². The Morgan fingerprint density at radius 3 is 2.32 bits per heavy atom. The third-order valence-corrected chi connectivity index (χ3v) is 13.8. The summed E-state index contributed by atoms with van der Waals surface area (Å²) in [5.74, 6) is -1.41. The topological polar surface area (TPSA) is 136 Å². The summed E-state index contributed by atoms with van der Waals surface area (Å²) in [7, 11) is -2.41. The quantitative estimate of drug-likeness (QED) is 0.102. The zero-order valence-corrected chi connectivity index (χ0v) is 33.9. The van der Waals surface area contributed by atoms with E-state index in [0.717, 1.165) is 32.4 Å². The summed E-state index contributed by atoms with van der Waals surface area (Å²) in [5.41, 5.74) is 6.34. The highest BCUT2D eigenvalue weighted by Gasteiger charge is 2.39. The first kappa shape index (κ1) is 39.1. The van der Waals surface area contributed by atoms with Crippen molar-refractivity contribution in [2.24, 2.45) is 5.92 Å². The van der Waals surface area contributed by atoms with Crippen LogP contribution in [-0.2, 0) is 14.8 Å². The fourth-order valence-electron chi connectivity index (χ4n) is 7.21. The number of aryl methyl sites for hydroxylation is 1. The predicted molar refractivity (Wildman–Crippen MR) is 225 cm³/mol. The number of benzene rings is 4. The summed E-state index contributed by atoms with van der Waals surface area (Å²) in [4.78, 5) is 39.0. The Kier molecular flexibility index (Phi) is 11.5. The zero-order chi connectivity index (χ0) is 39.6. The molecule has 0 bridgehead atoms. The number of amides is 2. The Hall–Kier alpha value is -5.18. The van der Waals surface area contributed by atoms with Gasteiger partial charge in [0.15, 0.2) is 0 Å². The van der Waals surface area contributed by atoms with E-state index in [1.807, 2.05) is 81.4 Å². The molecule has 0 spiro atoms. The molecule has 0 aliphatic carbocycles. The Bertz CT molecular complexity index is 2580. The first-order chi connectivity index (χ1) is 27.0.